The number of aryl methyl sites for hydroxylation is 1. The maximum atomic E-state index is 3.58. The van der Waals surface area contributed by atoms with Crippen LogP contribution in [0.1, 0.15) is 30.5 Å². The van der Waals surface area contributed by atoms with Crippen molar-refractivity contribution >= 4 is 5.69 Å². The largest absolute Gasteiger partial charge is 0.338 e. The summed E-state index contributed by atoms with van der Waals surface area (Å²) in [4.78, 5) is 2.30. The molecule has 3 aliphatic rings. The third-order valence-corrected chi connectivity index (χ3v) is 6.15. The number of rotatable bonds is 3. The highest BCUT2D eigenvalue weighted by Gasteiger charge is 2.38. The zero-order valence-corrected chi connectivity index (χ0v) is 18.2. The molecular formula is C29H27N. The van der Waals surface area contributed by atoms with Crippen molar-refractivity contribution < 1.29 is 0 Å². The maximum Gasteiger partial charge on any atom is 0.0848 e. The van der Waals surface area contributed by atoms with Crippen LogP contribution in [0.15, 0.2) is 108 Å². The minimum absolute atomic E-state index is 0.0313. The van der Waals surface area contributed by atoms with Crippen LogP contribution in [0.5, 0.6) is 0 Å². The summed E-state index contributed by atoms with van der Waals surface area (Å²) in [5.74, 6) is 0. The predicted molar refractivity (Wildman–Crippen MR) is 129 cm³/mol. The van der Waals surface area contributed by atoms with Gasteiger partial charge in [-0.15, -0.1) is 18.9 Å². The van der Waals surface area contributed by atoms with Gasteiger partial charge in [-0.05, 0) is 59.0 Å². The molecule has 0 N–H and O–H groups in total. The number of anilines is 1. The molecule has 0 aliphatic heterocycles. The van der Waals surface area contributed by atoms with E-state index in [1.807, 2.05) is 12.2 Å². The molecule has 1 heteroatoms. The first-order valence-corrected chi connectivity index (χ1v) is 10.3. The number of hydrogen-bond donors (Lipinski definition) is 0. The molecular weight excluding hydrogens is 362 g/mol. The second-order valence-corrected chi connectivity index (χ2v) is 8.22. The van der Waals surface area contributed by atoms with E-state index in [1.54, 1.807) is 0 Å². The molecule has 0 fully saturated rings. The molecule has 0 saturated carbocycles. The highest BCUT2D eigenvalue weighted by molar-refractivity contribution is 5.88. The molecule has 2 aromatic carbocycles. The molecule has 0 heterocycles. The zero-order chi connectivity index (χ0) is 21.5. The van der Waals surface area contributed by atoms with Gasteiger partial charge in [0.15, 0.2) is 0 Å². The van der Waals surface area contributed by atoms with Crippen molar-refractivity contribution in [3.63, 3.8) is 0 Å². The summed E-state index contributed by atoms with van der Waals surface area (Å²) < 4.78 is 0. The smallest absolute Gasteiger partial charge is 0.0848 e. The number of likely N-dealkylation sites (N-methyl/N-ethyl adjacent to an activating group) is 1. The van der Waals surface area contributed by atoms with Crippen LogP contribution < -0.4 is 4.90 Å². The van der Waals surface area contributed by atoms with Gasteiger partial charge in [0, 0.05) is 29.3 Å². The van der Waals surface area contributed by atoms with Gasteiger partial charge in [0.2, 0.25) is 0 Å². The van der Waals surface area contributed by atoms with Gasteiger partial charge in [-0.3, -0.25) is 0 Å². The molecule has 0 spiro atoms. The van der Waals surface area contributed by atoms with Crippen molar-refractivity contribution in [2.24, 2.45) is 0 Å². The molecule has 1 nitrogen and oxygen atoms in total. The number of nitrogens with zero attached hydrogens (tertiary/aromatic N) is 1. The van der Waals surface area contributed by atoms with Crippen LogP contribution >= 0.6 is 0 Å². The molecule has 0 atom stereocenters. The Morgan fingerprint density at radius 1 is 0.900 bits per heavy atom. The average Bonchev–Trinajstić information content (AvgIpc) is 3.49. The SMILES string of the molecule is C=C.Cc1ccc2c(c1N(C)C1=C=C(C3=C=CC=C3)C=C1)C(C)(C)c1ccccc1-2. The normalized spacial score (nSPS) is 16.3. The van der Waals surface area contributed by atoms with Crippen molar-refractivity contribution in [2.75, 3.05) is 11.9 Å². The van der Waals surface area contributed by atoms with Gasteiger partial charge in [0.25, 0.3) is 0 Å². The summed E-state index contributed by atoms with van der Waals surface area (Å²) in [6, 6.07) is 13.3. The molecule has 0 radical (unpaired) electrons. The van der Waals surface area contributed by atoms with Gasteiger partial charge in [-0.2, -0.15) is 0 Å². The minimum Gasteiger partial charge on any atom is -0.338 e. The van der Waals surface area contributed by atoms with Crippen molar-refractivity contribution in [1.82, 2.24) is 0 Å². The van der Waals surface area contributed by atoms with E-state index >= 15 is 0 Å². The topological polar surface area (TPSA) is 3.24 Å². The van der Waals surface area contributed by atoms with Gasteiger partial charge in [0.05, 0.1) is 5.70 Å². The molecule has 148 valence electrons. The second-order valence-electron chi connectivity index (χ2n) is 8.22. The number of allylic oxidation sites excluding steroid dienone is 5. The van der Waals surface area contributed by atoms with Crippen molar-refractivity contribution in [3.8, 4) is 11.1 Å². The lowest BCUT2D eigenvalue weighted by Crippen LogP contribution is -2.23. The summed E-state index contributed by atoms with van der Waals surface area (Å²) in [6.45, 7) is 12.9. The van der Waals surface area contributed by atoms with E-state index in [0.717, 1.165) is 16.8 Å². The lowest BCUT2D eigenvalue weighted by molar-refractivity contribution is 0.659. The predicted octanol–water partition coefficient (Wildman–Crippen LogP) is 7.17. The van der Waals surface area contributed by atoms with E-state index in [4.69, 9.17) is 0 Å². The standard InChI is InChI=1S/C27H23N.C2H4/c1-18-13-16-23-22-11-7-8-12-24(22)27(2,3)25(23)26(18)28(4)21-15-14-20(17-21)19-9-5-6-10-19;1-2/h5-9,11-16H,1-4H3;1-2H2. The lowest BCUT2D eigenvalue weighted by atomic mass is 9.80. The Bertz CT molecular complexity index is 1230. The van der Waals surface area contributed by atoms with Gasteiger partial charge in [-0.25, -0.2) is 0 Å². The first-order valence-electron chi connectivity index (χ1n) is 10.3. The molecule has 0 saturated heterocycles. The summed E-state index contributed by atoms with van der Waals surface area (Å²) in [7, 11) is 2.16. The summed E-state index contributed by atoms with van der Waals surface area (Å²) in [6.07, 6.45) is 10.3. The first-order chi connectivity index (χ1) is 14.5. The van der Waals surface area contributed by atoms with Crippen LogP contribution in [-0.2, 0) is 5.41 Å². The van der Waals surface area contributed by atoms with Crippen LogP contribution in [0.4, 0.5) is 5.69 Å². The quantitative estimate of drug-likeness (QED) is 0.397. The zero-order valence-electron chi connectivity index (χ0n) is 18.2. The average molecular weight is 390 g/mol. The van der Waals surface area contributed by atoms with Gasteiger partial charge in [0.1, 0.15) is 0 Å². The number of benzene rings is 2. The molecule has 2 aromatic rings. The molecule has 0 aromatic heterocycles. The van der Waals surface area contributed by atoms with Gasteiger partial charge >= 0.3 is 0 Å². The van der Waals surface area contributed by atoms with Crippen LogP contribution in [0.2, 0.25) is 0 Å². The van der Waals surface area contributed by atoms with E-state index in [9.17, 15) is 0 Å². The fourth-order valence-corrected chi connectivity index (χ4v) is 4.74. The maximum absolute atomic E-state index is 3.58. The lowest BCUT2D eigenvalue weighted by Gasteiger charge is -2.30. The highest BCUT2D eigenvalue weighted by Crippen LogP contribution is 2.53. The van der Waals surface area contributed by atoms with Crippen LogP contribution in [-0.4, -0.2) is 7.05 Å². The van der Waals surface area contributed by atoms with E-state index < -0.39 is 0 Å². The third kappa shape index (κ3) is 2.88. The summed E-state index contributed by atoms with van der Waals surface area (Å²) in [5, 5.41) is 0. The number of hydrogen-bond acceptors (Lipinski definition) is 1. The van der Waals surface area contributed by atoms with Gasteiger partial charge in [-0.1, -0.05) is 62.1 Å². The fourth-order valence-electron chi connectivity index (χ4n) is 4.74. The van der Waals surface area contributed by atoms with Crippen molar-refractivity contribution in [2.45, 2.75) is 26.2 Å². The monoisotopic (exact) mass is 389 g/mol. The molecule has 0 unspecified atom stereocenters. The molecule has 30 heavy (non-hydrogen) atoms. The molecule has 3 aliphatic carbocycles. The third-order valence-electron chi connectivity index (χ3n) is 6.15. The van der Waals surface area contributed by atoms with Crippen LogP contribution in [0.3, 0.4) is 0 Å². The molecule has 0 bridgehead atoms. The Morgan fingerprint density at radius 2 is 1.67 bits per heavy atom. The second kappa shape index (κ2) is 7.39. The van der Waals surface area contributed by atoms with Crippen molar-refractivity contribution in [1.29, 1.82) is 0 Å². The Labute approximate surface area is 180 Å². The number of fused-ring (bicyclic) bond motifs is 3. The van der Waals surface area contributed by atoms with Crippen LogP contribution in [0.25, 0.3) is 11.1 Å². The Hall–Kier alpha value is -3.50. The fraction of sp³-hybridized carbons (Fsp3) is 0.172. The van der Waals surface area contributed by atoms with E-state index in [-0.39, 0.29) is 5.41 Å². The van der Waals surface area contributed by atoms with E-state index in [1.165, 1.54) is 33.5 Å². The summed E-state index contributed by atoms with van der Waals surface area (Å²) >= 11 is 0. The van der Waals surface area contributed by atoms with E-state index in [2.05, 4.69) is 112 Å². The molecule has 5 rings (SSSR count). The Morgan fingerprint density at radius 3 is 2.40 bits per heavy atom. The Kier molecular flexibility index (Phi) is 4.88. The summed E-state index contributed by atoms with van der Waals surface area (Å²) in [5.41, 5.74) is 18.2. The van der Waals surface area contributed by atoms with Crippen molar-refractivity contribution in [3.05, 3.63) is 125 Å². The van der Waals surface area contributed by atoms with Gasteiger partial charge < -0.3 is 4.90 Å². The Balaban J connectivity index is 0.00000106. The molecule has 0 amide bonds. The minimum atomic E-state index is -0.0313. The van der Waals surface area contributed by atoms with Crippen LogP contribution in [0, 0.1) is 6.92 Å². The van der Waals surface area contributed by atoms with E-state index in [0.29, 0.717) is 0 Å². The highest BCUT2D eigenvalue weighted by atomic mass is 15.1. The first kappa shape index (κ1) is 19.8.